The number of β-amino-alcohol motifs (C(OH)–C–C–N with tert-alkyl or cyclic N) is 1. The van der Waals surface area contributed by atoms with Crippen LogP contribution in [0.1, 0.15) is 105 Å². The first-order valence-electron chi connectivity index (χ1n) is 29.8. The number of thiazole rings is 1. The van der Waals surface area contributed by atoms with Crippen LogP contribution < -0.4 is 16.1 Å². The van der Waals surface area contributed by atoms with Crippen molar-refractivity contribution >= 4 is 58.0 Å². The minimum atomic E-state index is -0.958. The summed E-state index contributed by atoms with van der Waals surface area (Å²) in [4.78, 5) is 80.5. The molecule has 0 saturated carbocycles. The highest BCUT2D eigenvalue weighted by Gasteiger charge is 2.45. The van der Waals surface area contributed by atoms with Crippen LogP contribution in [0.3, 0.4) is 0 Å². The van der Waals surface area contributed by atoms with Gasteiger partial charge in [-0.05, 0) is 94.3 Å². The summed E-state index contributed by atoms with van der Waals surface area (Å²) in [6.07, 6.45) is 5.24. The smallest absolute Gasteiger partial charge is 0.428 e. The fraction of sp³-hybridized carbons (Fsp3) is 0.382. The molecule has 0 bridgehead atoms. The standard InChI is InChI=1S/C68H80N8O9S/c1-7-32-76(67(82)85-43-58-56-17-10-8-15-54(56)55-16-9-11-18-57(55)58)73-62(79)29-24-47-20-22-48(23-21-47)41-74(33-30-51-40-69-59-19-13-12-14-53(51)59)34-36-84-38-37-83-35-31-61(78)72-64(68(4,5)6)66(81)75-42-52(77)39-60(75)65(80)71-45(2)49-25-27-50(28-26-49)63-46(3)70-44-86-63/h8-29,40,44-45,52,58,60,64,69,77H,7,30-39,41-43H2,1-6H3,(H,71,80)(H,72,78)(H,73,79)/b29-24+/t45-,52+,60-,64+/m0/s1. The Hall–Kier alpha value is -8.00. The molecule has 5 aromatic carbocycles. The Bertz CT molecular complexity index is 3420. The number of aliphatic hydroxyl groups excluding tert-OH is 1. The van der Waals surface area contributed by atoms with Gasteiger partial charge in [-0.25, -0.2) is 14.8 Å². The molecule has 1 saturated heterocycles. The van der Waals surface area contributed by atoms with E-state index in [-0.39, 0.29) is 69.5 Å². The van der Waals surface area contributed by atoms with E-state index in [9.17, 15) is 29.1 Å². The second-order valence-corrected chi connectivity index (χ2v) is 24.1. The number of aliphatic hydroxyl groups is 1. The van der Waals surface area contributed by atoms with E-state index < -0.39 is 41.5 Å². The number of carbonyl (C=O) groups excluding carboxylic acids is 5. The minimum absolute atomic E-state index is 0.00980. The Morgan fingerprint density at radius 3 is 2.21 bits per heavy atom. The predicted octanol–water partition coefficient (Wildman–Crippen LogP) is 10.1. The monoisotopic (exact) mass is 1180 g/mol. The lowest BCUT2D eigenvalue weighted by molar-refractivity contribution is -0.144. The number of nitrogens with one attached hydrogen (secondary N) is 4. The number of hydrogen-bond donors (Lipinski definition) is 5. The largest absolute Gasteiger partial charge is 0.447 e. The molecule has 7 aromatic rings. The number of nitrogens with zero attached hydrogens (tertiary/aromatic N) is 4. The van der Waals surface area contributed by atoms with Crippen molar-refractivity contribution in [1.29, 1.82) is 0 Å². The van der Waals surface area contributed by atoms with Crippen LogP contribution in [0.25, 0.3) is 38.5 Å². The van der Waals surface area contributed by atoms with Crippen LogP contribution in [0.2, 0.25) is 0 Å². The number of rotatable bonds is 26. The average Bonchev–Trinajstić information content (AvgIpc) is 1.88. The van der Waals surface area contributed by atoms with Gasteiger partial charge in [0.2, 0.25) is 17.7 Å². The van der Waals surface area contributed by atoms with E-state index in [1.165, 1.54) is 26.9 Å². The molecule has 2 aromatic heterocycles. The van der Waals surface area contributed by atoms with Gasteiger partial charge in [-0.3, -0.25) is 29.5 Å². The summed E-state index contributed by atoms with van der Waals surface area (Å²) < 4.78 is 17.7. The SMILES string of the molecule is CCCN(NC(=O)/C=C/c1ccc(CN(CCOCCOCCC(=O)N[C@H](C(=O)N2C[C@H](O)C[C@H]2C(=O)N[C@@H](C)c2ccc(-c3scnc3C)cc2)C(C)(C)C)CCc2c[nH]c3ccccc23)cc1)C(=O)OCC1c2ccccc2-c2ccccc21. The summed E-state index contributed by atoms with van der Waals surface area (Å²) in [7, 11) is 0. The van der Waals surface area contributed by atoms with Crippen LogP contribution >= 0.6 is 11.3 Å². The Balaban J connectivity index is 0.716. The number of carbonyl (C=O) groups is 5. The number of benzene rings is 5. The van der Waals surface area contributed by atoms with Crippen molar-refractivity contribution in [2.24, 2.45) is 5.41 Å². The topological polar surface area (TPSA) is 208 Å². The van der Waals surface area contributed by atoms with Crippen molar-refractivity contribution in [3.8, 4) is 21.6 Å². The number of aromatic amines is 1. The highest BCUT2D eigenvalue weighted by molar-refractivity contribution is 7.13. The molecule has 0 spiro atoms. The first-order valence-corrected chi connectivity index (χ1v) is 30.6. The zero-order chi connectivity index (χ0) is 60.7. The third-order valence-electron chi connectivity index (χ3n) is 15.9. The van der Waals surface area contributed by atoms with Crippen LogP contribution in [0.15, 0.2) is 139 Å². The highest BCUT2D eigenvalue weighted by Crippen LogP contribution is 2.44. The minimum Gasteiger partial charge on any atom is -0.447 e. The Morgan fingerprint density at radius 2 is 1.52 bits per heavy atom. The predicted molar refractivity (Wildman–Crippen MR) is 336 cm³/mol. The van der Waals surface area contributed by atoms with Crippen LogP contribution in [-0.2, 0) is 46.4 Å². The van der Waals surface area contributed by atoms with E-state index >= 15 is 0 Å². The number of amides is 5. The zero-order valence-corrected chi connectivity index (χ0v) is 50.9. The molecule has 17 nitrogen and oxygen atoms in total. The number of aromatic nitrogens is 2. The van der Waals surface area contributed by atoms with Gasteiger partial charge in [-0.15, -0.1) is 11.3 Å². The summed E-state index contributed by atoms with van der Waals surface area (Å²) in [6, 6.07) is 38.3. The number of ether oxygens (including phenoxy) is 3. The van der Waals surface area contributed by atoms with E-state index in [0.29, 0.717) is 32.7 Å². The quantitative estimate of drug-likeness (QED) is 0.0196. The molecular weight excluding hydrogens is 1100 g/mol. The van der Waals surface area contributed by atoms with Gasteiger partial charge in [-0.2, -0.15) is 0 Å². The lowest BCUT2D eigenvalue weighted by atomic mass is 9.85. The number of H-pyrrole nitrogens is 1. The molecule has 1 fully saturated rings. The van der Waals surface area contributed by atoms with Crippen molar-refractivity contribution in [2.75, 3.05) is 59.2 Å². The fourth-order valence-electron chi connectivity index (χ4n) is 11.2. The first kappa shape index (κ1) is 62.5. The molecule has 4 atom stereocenters. The maximum absolute atomic E-state index is 14.2. The zero-order valence-electron chi connectivity index (χ0n) is 50.1. The molecule has 452 valence electrons. The third kappa shape index (κ3) is 16.1. The van der Waals surface area contributed by atoms with Crippen LogP contribution in [0.5, 0.6) is 0 Å². The van der Waals surface area contributed by atoms with Crippen molar-refractivity contribution in [3.63, 3.8) is 0 Å². The summed E-state index contributed by atoms with van der Waals surface area (Å²) in [5, 5.41) is 19.1. The summed E-state index contributed by atoms with van der Waals surface area (Å²) >= 11 is 1.57. The molecule has 2 aliphatic rings. The van der Waals surface area contributed by atoms with E-state index in [0.717, 1.165) is 73.6 Å². The average molecular weight is 1190 g/mol. The lowest BCUT2D eigenvalue weighted by Gasteiger charge is -2.35. The molecular formula is C68H80N8O9S. The molecule has 0 unspecified atom stereocenters. The van der Waals surface area contributed by atoms with E-state index in [1.54, 1.807) is 17.4 Å². The van der Waals surface area contributed by atoms with Gasteiger partial charge >= 0.3 is 6.09 Å². The molecule has 5 amide bonds. The second-order valence-electron chi connectivity index (χ2n) is 23.2. The van der Waals surface area contributed by atoms with Crippen molar-refractivity contribution in [3.05, 3.63) is 178 Å². The highest BCUT2D eigenvalue weighted by atomic mass is 32.1. The van der Waals surface area contributed by atoms with Gasteiger partial charge in [0.1, 0.15) is 18.7 Å². The van der Waals surface area contributed by atoms with Gasteiger partial charge in [-0.1, -0.05) is 143 Å². The molecule has 9 rings (SSSR count). The molecule has 5 N–H and O–H groups in total. The van der Waals surface area contributed by atoms with Crippen molar-refractivity contribution in [1.82, 2.24) is 40.8 Å². The van der Waals surface area contributed by atoms with Crippen molar-refractivity contribution < 1.29 is 43.3 Å². The summed E-state index contributed by atoms with van der Waals surface area (Å²) in [6.45, 7) is 15.0. The number of likely N-dealkylation sites (tertiary alicyclic amines) is 1. The third-order valence-corrected chi connectivity index (χ3v) is 16.9. The van der Waals surface area contributed by atoms with Crippen LogP contribution in [0, 0.1) is 12.3 Å². The molecule has 18 heteroatoms. The van der Waals surface area contributed by atoms with Gasteiger partial charge in [0, 0.05) is 74.7 Å². The summed E-state index contributed by atoms with van der Waals surface area (Å²) in [5.74, 6) is -1.71. The van der Waals surface area contributed by atoms with Gasteiger partial charge in [0.25, 0.3) is 5.91 Å². The molecule has 86 heavy (non-hydrogen) atoms. The molecule has 1 aliphatic heterocycles. The van der Waals surface area contributed by atoms with E-state index in [2.05, 4.69) is 73.5 Å². The fourth-order valence-corrected chi connectivity index (χ4v) is 12.1. The van der Waals surface area contributed by atoms with E-state index in [1.807, 2.05) is 132 Å². The number of aryl methyl sites for hydroxylation is 1. The van der Waals surface area contributed by atoms with Gasteiger partial charge < -0.3 is 39.8 Å². The number of fused-ring (bicyclic) bond motifs is 4. The van der Waals surface area contributed by atoms with E-state index in [4.69, 9.17) is 14.2 Å². The number of para-hydroxylation sites is 1. The maximum atomic E-state index is 14.2. The van der Waals surface area contributed by atoms with Crippen LogP contribution in [-0.4, -0.2) is 137 Å². The number of hydrazine groups is 1. The van der Waals surface area contributed by atoms with Crippen molar-refractivity contribution in [2.45, 2.75) is 104 Å². The second kappa shape index (κ2) is 29.4. The molecule has 1 aliphatic carbocycles. The van der Waals surface area contributed by atoms with Crippen LogP contribution in [0.4, 0.5) is 4.79 Å². The Kier molecular flexibility index (Phi) is 21.4. The first-order chi connectivity index (χ1) is 41.5. The van der Waals surface area contributed by atoms with Gasteiger partial charge in [0.15, 0.2) is 0 Å². The normalized spacial score (nSPS) is 15.6. The molecule has 3 heterocycles. The Morgan fingerprint density at radius 1 is 0.837 bits per heavy atom. The Labute approximate surface area is 508 Å². The lowest BCUT2D eigenvalue weighted by Crippen LogP contribution is -2.58. The maximum Gasteiger partial charge on any atom is 0.428 e. The molecule has 0 radical (unpaired) electrons. The van der Waals surface area contributed by atoms with Gasteiger partial charge in [0.05, 0.1) is 54.7 Å². The number of hydrogen-bond acceptors (Lipinski definition) is 12. The summed E-state index contributed by atoms with van der Waals surface area (Å²) in [5.41, 5.74) is 15.5.